The molecule has 0 aliphatic heterocycles. The van der Waals surface area contributed by atoms with Gasteiger partial charge in [-0.1, -0.05) is 12.1 Å². The van der Waals surface area contributed by atoms with Crippen LogP contribution in [0.3, 0.4) is 0 Å². The van der Waals surface area contributed by atoms with E-state index in [1.165, 1.54) is 12.1 Å². The van der Waals surface area contributed by atoms with E-state index in [1.54, 1.807) is 6.07 Å². The molecule has 0 spiro atoms. The van der Waals surface area contributed by atoms with Gasteiger partial charge in [0.2, 0.25) is 0 Å². The number of aryl methyl sites for hydroxylation is 2. The second-order valence-electron chi connectivity index (χ2n) is 8.68. The summed E-state index contributed by atoms with van der Waals surface area (Å²) in [7, 11) is 0. The number of hydrogen-bond donors (Lipinski definition) is 0. The number of non-ortho nitro benzene ring substituents is 1. The molecular formula is C26H15N7O2. The van der Waals surface area contributed by atoms with Crippen LogP contribution in [0, 0.1) is 24.0 Å². The third-order valence-corrected chi connectivity index (χ3v) is 6.17. The topological polar surface area (TPSA) is 120 Å². The van der Waals surface area contributed by atoms with Crippen LogP contribution < -0.4 is 0 Å². The molecule has 9 nitrogen and oxygen atoms in total. The summed E-state index contributed by atoms with van der Waals surface area (Å²) in [6.07, 6.45) is 0. The van der Waals surface area contributed by atoms with Crippen molar-refractivity contribution in [2.45, 2.75) is 13.8 Å². The third-order valence-electron chi connectivity index (χ3n) is 6.17. The van der Waals surface area contributed by atoms with Crippen molar-refractivity contribution in [1.29, 1.82) is 0 Å². The molecule has 0 saturated carbocycles. The number of nitro groups is 1. The first-order valence-electron chi connectivity index (χ1n) is 11.0. The largest absolute Gasteiger partial charge is 0.271 e. The van der Waals surface area contributed by atoms with Gasteiger partial charge in [-0.2, -0.15) is 0 Å². The van der Waals surface area contributed by atoms with Crippen LogP contribution in [0.5, 0.6) is 0 Å². The number of rotatable bonds is 1. The van der Waals surface area contributed by atoms with Crippen LogP contribution in [0.25, 0.3) is 66.2 Å². The molecule has 7 rings (SSSR count). The molecule has 3 heterocycles. The van der Waals surface area contributed by atoms with Gasteiger partial charge < -0.3 is 0 Å². The van der Waals surface area contributed by atoms with Crippen molar-refractivity contribution in [3.8, 4) is 0 Å². The molecule has 4 aromatic carbocycles. The van der Waals surface area contributed by atoms with Crippen molar-refractivity contribution in [1.82, 2.24) is 29.9 Å². The minimum Gasteiger partial charge on any atom is -0.258 e. The van der Waals surface area contributed by atoms with Gasteiger partial charge in [-0.25, -0.2) is 29.9 Å². The zero-order valence-electron chi connectivity index (χ0n) is 18.6. The van der Waals surface area contributed by atoms with Crippen LogP contribution in [0.15, 0.2) is 54.6 Å². The summed E-state index contributed by atoms with van der Waals surface area (Å²) in [6, 6.07) is 16.2. The van der Waals surface area contributed by atoms with Crippen molar-refractivity contribution in [3.63, 3.8) is 0 Å². The second-order valence-corrected chi connectivity index (χ2v) is 8.68. The monoisotopic (exact) mass is 457 g/mol. The highest BCUT2D eigenvalue weighted by atomic mass is 16.6. The maximum atomic E-state index is 11.3. The van der Waals surface area contributed by atoms with Crippen LogP contribution >= 0.6 is 0 Å². The predicted octanol–water partition coefficient (Wildman–Crippen LogP) is 5.50. The van der Waals surface area contributed by atoms with Gasteiger partial charge in [0, 0.05) is 12.1 Å². The van der Waals surface area contributed by atoms with Gasteiger partial charge in [0.25, 0.3) is 5.69 Å². The van der Waals surface area contributed by atoms with Gasteiger partial charge >= 0.3 is 0 Å². The first kappa shape index (κ1) is 19.5. The molecule has 0 unspecified atom stereocenters. The Morgan fingerprint density at radius 3 is 1.26 bits per heavy atom. The SMILES string of the molecule is Cc1ccc2nc3c4nc5cc(C)ccc5nc4c4nc5cc([N+](=O)[O-])ccc5nc4c3nc2c1. The summed E-state index contributed by atoms with van der Waals surface area (Å²) in [4.78, 5) is 40.2. The van der Waals surface area contributed by atoms with E-state index in [9.17, 15) is 10.1 Å². The van der Waals surface area contributed by atoms with Gasteiger partial charge in [0.05, 0.1) is 38.0 Å². The molecule has 0 fully saturated rings. The average Bonchev–Trinajstić information content (AvgIpc) is 2.85. The Morgan fingerprint density at radius 1 is 0.514 bits per heavy atom. The van der Waals surface area contributed by atoms with E-state index in [1.807, 2.05) is 50.2 Å². The summed E-state index contributed by atoms with van der Waals surface area (Å²) in [5, 5.41) is 11.3. The van der Waals surface area contributed by atoms with Gasteiger partial charge in [-0.3, -0.25) is 10.1 Å². The lowest BCUT2D eigenvalue weighted by Gasteiger charge is -2.10. The maximum absolute atomic E-state index is 11.3. The summed E-state index contributed by atoms with van der Waals surface area (Å²) >= 11 is 0. The number of fused-ring (bicyclic) bond motifs is 9. The lowest BCUT2D eigenvalue weighted by atomic mass is 10.1. The quantitative estimate of drug-likeness (QED) is 0.137. The Bertz CT molecular complexity index is 2020. The number of nitrogens with zero attached hydrogens (tertiary/aromatic N) is 7. The smallest absolute Gasteiger partial charge is 0.258 e. The highest BCUT2D eigenvalue weighted by Gasteiger charge is 2.19. The molecule has 3 aromatic heterocycles. The van der Waals surface area contributed by atoms with E-state index in [4.69, 9.17) is 29.9 Å². The summed E-state index contributed by atoms with van der Waals surface area (Å²) in [5.74, 6) is 0. The Hall–Kier alpha value is -4.92. The molecule has 0 radical (unpaired) electrons. The Balaban J connectivity index is 1.74. The number of benzene rings is 4. The zero-order chi connectivity index (χ0) is 23.8. The Morgan fingerprint density at radius 2 is 0.857 bits per heavy atom. The molecule has 0 saturated heterocycles. The van der Waals surface area contributed by atoms with Crippen LogP contribution in [-0.4, -0.2) is 34.8 Å². The van der Waals surface area contributed by atoms with Gasteiger partial charge in [0.1, 0.15) is 33.1 Å². The fourth-order valence-corrected chi connectivity index (χ4v) is 4.48. The van der Waals surface area contributed by atoms with Crippen LogP contribution in [0.4, 0.5) is 5.69 Å². The molecule has 0 atom stereocenters. The lowest BCUT2D eigenvalue weighted by molar-refractivity contribution is -0.384. The van der Waals surface area contributed by atoms with Crippen molar-refractivity contribution in [2.24, 2.45) is 0 Å². The predicted molar refractivity (Wildman–Crippen MR) is 134 cm³/mol. The van der Waals surface area contributed by atoms with Crippen LogP contribution in [-0.2, 0) is 0 Å². The van der Waals surface area contributed by atoms with Crippen molar-refractivity contribution in [3.05, 3.63) is 75.8 Å². The van der Waals surface area contributed by atoms with Gasteiger partial charge in [-0.15, -0.1) is 0 Å². The van der Waals surface area contributed by atoms with Crippen molar-refractivity contribution < 1.29 is 4.92 Å². The molecule has 0 N–H and O–H groups in total. The Kier molecular flexibility index (Phi) is 3.79. The third kappa shape index (κ3) is 2.88. The van der Waals surface area contributed by atoms with Crippen molar-refractivity contribution >= 4 is 71.9 Å². The van der Waals surface area contributed by atoms with Crippen LogP contribution in [0.1, 0.15) is 11.1 Å². The molecule has 0 aliphatic rings. The van der Waals surface area contributed by atoms with Gasteiger partial charge in [-0.05, 0) is 55.3 Å². The van der Waals surface area contributed by atoms with Gasteiger partial charge in [0.15, 0.2) is 0 Å². The van der Waals surface area contributed by atoms with Crippen molar-refractivity contribution in [2.75, 3.05) is 0 Å². The highest BCUT2D eigenvalue weighted by molar-refractivity contribution is 6.20. The molecule has 166 valence electrons. The van der Waals surface area contributed by atoms with E-state index >= 15 is 0 Å². The minimum atomic E-state index is -0.445. The minimum absolute atomic E-state index is 0.0514. The first-order chi connectivity index (χ1) is 16.9. The van der Waals surface area contributed by atoms with E-state index in [-0.39, 0.29) is 5.69 Å². The average molecular weight is 457 g/mol. The molecular weight excluding hydrogens is 442 g/mol. The summed E-state index contributed by atoms with van der Waals surface area (Å²) < 4.78 is 0. The standard InChI is InChI=1S/C26H15N7O2/c1-12-3-6-15-18(9-12)31-25-21(27-15)24-22(28-16-7-4-13(2)10-19(16)30-24)26-23(25)29-17-8-5-14(33(34)35)11-20(17)32-26/h3-11H,1-2H3. The second kappa shape index (κ2) is 6.80. The molecule has 7 aromatic rings. The normalized spacial score (nSPS) is 11.9. The zero-order valence-corrected chi connectivity index (χ0v) is 18.6. The molecule has 0 aliphatic carbocycles. The first-order valence-corrected chi connectivity index (χ1v) is 11.0. The lowest BCUT2D eigenvalue weighted by Crippen LogP contribution is -1.99. The summed E-state index contributed by atoms with van der Waals surface area (Å²) in [5.41, 5.74) is 9.26. The van der Waals surface area contributed by atoms with E-state index in [2.05, 4.69) is 0 Å². The van der Waals surface area contributed by atoms with Crippen LogP contribution in [0.2, 0.25) is 0 Å². The van der Waals surface area contributed by atoms with E-state index in [0.29, 0.717) is 49.7 Å². The number of nitro benzene ring substituents is 1. The van der Waals surface area contributed by atoms with E-state index < -0.39 is 4.92 Å². The maximum Gasteiger partial charge on any atom is 0.271 e. The fourth-order valence-electron chi connectivity index (χ4n) is 4.48. The summed E-state index contributed by atoms with van der Waals surface area (Å²) in [6.45, 7) is 4.01. The molecule has 0 amide bonds. The molecule has 0 bridgehead atoms. The Labute approximate surface area is 196 Å². The number of aromatic nitrogens is 6. The fraction of sp³-hybridized carbons (Fsp3) is 0.0769. The molecule has 9 heteroatoms. The molecule has 35 heavy (non-hydrogen) atoms. The highest BCUT2D eigenvalue weighted by Crippen LogP contribution is 2.33. The van der Waals surface area contributed by atoms with E-state index in [0.717, 1.165) is 27.7 Å². The number of hydrogen-bond acceptors (Lipinski definition) is 8.